The molecule has 9 nitrogen and oxygen atoms in total. The summed E-state index contributed by atoms with van der Waals surface area (Å²) < 4.78 is 13.8. The van der Waals surface area contributed by atoms with Crippen LogP contribution >= 0.6 is 0 Å². The number of carbonyl (C=O) groups excluding carboxylic acids is 2. The van der Waals surface area contributed by atoms with E-state index in [4.69, 9.17) is 9.47 Å². The van der Waals surface area contributed by atoms with Crippen molar-refractivity contribution in [2.24, 2.45) is 11.8 Å². The fraction of sp³-hybridized carbons (Fsp3) is 0.581. The zero-order chi connectivity index (χ0) is 28.4. The zero-order valence-electron chi connectivity index (χ0n) is 24.0. The van der Waals surface area contributed by atoms with Gasteiger partial charge in [0.2, 0.25) is 0 Å². The third kappa shape index (κ3) is 5.56. The van der Waals surface area contributed by atoms with Crippen LogP contribution in [0.5, 0.6) is 11.5 Å². The molecule has 1 aliphatic carbocycles. The van der Waals surface area contributed by atoms with Gasteiger partial charge < -0.3 is 14.6 Å². The van der Waals surface area contributed by atoms with E-state index in [9.17, 15) is 14.7 Å². The Hall–Kier alpha value is -3.49. The van der Waals surface area contributed by atoms with Gasteiger partial charge in [0, 0.05) is 30.3 Å². The number of hydrogen-bond acceptors (Lipinski definition) is 8. The first-order chi connectivity index (χ1) is 19.2. The normalized spacial score (nSPS) is 21.8. The number of carbonyl (C=O) groups is 2. The van der Waals surface area contributed by atoms with E-state index in [1.165, 1.54) is 0 Å². The van der Waals surface area contributed by atoms with Crippen molar-refractivity contribution in [3.05, 3.63) is 46.5 Å². The molecule has 40 heavy (non-hydrogen) atoms. The molecule has 1 saturated heterocycles. The van der Waals surface area contributed by atoms with Crippen LogP contribution in [0.1, 0.15) is 87.1 Å². The summed E-state index contributed by atoms with van der Waals surface area (Å²) in [4.78, 5) is 35.9. The molecular weight excluding hydrogens is 508 g/mol. The first-order valence-electron chi connectivity index (χ1n) is 14.7. The monoisotopic (exact) mass is 548 g/mol. The lowest BCUT2D eigenvalue weighted by Gasteiger charge is -2.43. The molecule has 5 rings (SSSR count). The van der Waals surface area contributed by atoms with Crippen molar-refractivity contribution in [3.63, 3.8) is 0 Å². The maximum Gasteiger partial charge on any atom is 0.317 e. The van der Waals surface area contributed by atoms with Crippen molar-refractivity contribution >= 4 is 17.5 Å². The highest BCUT2D eigenvalue weighted by atomic mass is 16.6. The van der Waals surface area contributed by atoms with Crippen molar-refractivity contribution < 1.29 is 24.2 Å². The van der Waals surface area contributed by atoms with Crippen LogP contribution in [0.4, 0.5) is 0 Å². The van der Waals surface area contributed by atoms with Gasteiger partial charge in [-0.1, -0.05) is 26.7 Å². The third-order valence-corrected chi connectivity index (χ3v) is 8.52. The highest BCUT2D eigenvalue weighted by Gasteiger charge is 2.51. The van der Waals surface area contributed by atoms with Gasteiger partial charge in [0.05, 0.1) is 6.61 Å². The van der Waals surface area contributed by atoms with Gasteiger partial charge in [0.15, 0.2) is 11.6 Å². The molecule has 1 saturated carbocycles. The van der Waals surface area contributed by atoms with Gasteiger partial charge in [-0.3, -0.25) is 9.59 Å². The second kappa shape index (κ2) is 11.6. The Balaban J connectivity index is 1.35. The molecule has 9 heteroatoms. The number of esters is 1. The van der Waals surface area contributed by atoms with E-state index in [1.54, 1.807) is 10.6 Å². The largest absolute Gasteiger partial charge is 0.508 e. The minimum Gasteiger partial charge on any atom is -0.508 e. The summed E-state index contributed by atoms with van der Waals surface area (Å²) in [5.41, 5.74) is 2.68. The summed E-state index contributed by atoms with van der Waals surface area (Å²) in [5, 5.41) is 15.3. The lowest BCUT2D eigenvalue weighted by atomic mass is 9.73. The number of phenolic OH excluding ortho intramolecular Hbond substituents is 1. The van der Waals surface area contributed by atoms with E-state index in [0.717, 1.165) is 61.0 Å². The summed E-state index contributed by atoms with van der Waals surface area (Å²) in [6.45, 7) is 8.52. The molecule has 0 radical (unpaired) electrons. The van der Waals surface area contributed by atoms with Crippen molar-refractivity contribution in [1.82, 2.24) is 19.6 Å². The Labute approximate surface area is 235 Å². The molecule has 2 aromatic heterocycles. The number of hydrogen-bond donors (Lipinski definition) is 1. The van der Waals surface area contributed by atoms with Crippen molar-refractivity contribution in [1.29, 1.82) is 0 Å². The number of aromatic nitrogens is 4. The predicted molar refractivity (Wildman–Crippen MR) is 149 cm³/mol. The second-order valence-corrected chi connectivity index (χ2v) is 11.4. The van der Waals surface area contributed by atoms with E-state index in [1.807, 2.05) is 32.9 Å². The Morgan fingerprint density at radius 1 is 1.10 bits per heavy atom. The molecule has 3 heterocycles. The molecule has 2 fully saturated rings. The SMILES string of the molecule is CCCOc1cc(O)c(CCC2(C3CCCC3)CC(=O)C(Cc3nc4nc(C)cc(C)n4n3)C(=O)O2)cc1CC. The Kier molecular flexibility index (Phi) is 8.10. The molecule has 2 atom stereocenters. The number of cyclic esters (lactones) is 1. The van der Waals surface area contributed by atoms with Crippen molar-refractivity contribution in [2.45, 2.75) is 97.5 Å². The highest BCUT2D eigenvalue weighted by molar-refractivity contribution is 6.01. The number of Topliss-reactive ketones (excluding diaryl/α,β-unsaturated/α-hetero) is 1. The average Bonchev–Trinajstić information content (AvgIpc) is 3.60. The van der Waals surface area contributed by atoms with Gasteiger partial charge in [-0.2, -0.15) is 4.98 Å². The maximum absolute atomic E-state index is 13.6. The molecule has 0 spiro atoms. The zero-order valence-corrected chi connectivity index (χ0v) is 24.0. The van der Waals surface area contributed by atoms with Crippen LogP contribution in [0.25, 0.3) is 5.78 Å². The molecule has 1 N–H and O–H groups in total. The summed E-state index contributed by atoms with van der Waals surface area (Å²) >= 11 is 0. The number of aryl methyl sites for hydroxylation is 4. The van der Waals surface area contributed by atoms with Crippen LogP contribution in [-0.2, 0) is 33.6 Å². The van der Waals surface area contributed by atoms with Crippen LogP contribution in [0.15, 0.2) is 18.2 Å². The van der Waals surface area contributed by atoms with Crippen LogP contribution in [0.2, 0.25) is 0 Å². The van der Waals surface area contributed by atoms with E-state index >= 15 is 0 Å². The molecule has 2 aliphatic rings. The smallest absolute Gasteiger partial charge is 0.317 e. The number of ether oxygens (including phenoxy) is 2. The Morgan fingerprint density at radius 2 is 1.88 bits per heavy atom. The molecule has 0 amide bonds. The maximum atomic E-state index is 13.6. The third-order valence-electron chi connectivity index (χ3n) is 8.52. The Bertz CT molecular complexity index is 1390. The number of phenols is 1. The summed E-state index contributed by atoms with van der Waals surface area (Å²) in [5.74, 6) is 0.337. The van der Waals surface area contributed by atoms with Crippen molar-refractivity contribution in [2.75, 3.05) is 6.61 Å². The van der Waals surface area contributed by atoms with E-state index in [-0.39, 0.29) is 30.3 Å². The minimum atomic E-state index is -0.927. The van der Waals surface area contributed by atoms with Gasteiger partial charge >= 0.3 is 5.97 Å². The fourth-order valence-electron chi connectivity index (χ4n) is 6.39. The van der Waals surface area contributed by atoms with Gasteiger partial charge in [0.25, 0.3) is 5.78 Å². The van der Waals surface area contributed by atoms with Crippen LogP contribution in [-0.4, -0.2) is 48.6 Å². The number of rotatable bonds is 10. The van der Waals surface area contributed by atoms with E-state index < -0.39 is 17.5 Å². The molecule has 0 bridgehead atoms. The van der Waals surface area contributed by atoms with Crippen LogP contribution in [0.3, 0.4) is 0 Å². The molecule has 1 aliphatic heterocycles. The molecule has 214 valence electrons. The summed E-state index contributed by atoms with van der Waals surface area (Å²) in [6.07, 6.45) is 6.92. The number of benzene rings is 1. The van der Waals surface area contributed by atoms with Crippen LogP contribution in [0, 0.1) is 25.7 Å². The average molecular weight is 549 g/mol. The minimum absolute atomic E-state index is 0.0974. The molecule has 3 aromatic rings. The second-order valence-electron chi connectivity index (χ2n) is 11.4. The van der Waals surface area contributed by atoms with Gasteiger partial charge in [0.1, 0.15) is 23.0 Å². The van der Waals surface area contributed by atoms with E-state index in [0.29, 0.717) is 36.8 Å². The van der Waals surface area contributed by atoms with Crippen LogP contribution < -0.4 is 4.74 Å². The first-order valence-corrected chi connectivity index (χ1v) is 14.7. The van der Waals surface area contributed by atoms with E-state index in [2.05, 4.69) is 22.0 Å². The van der Waals surface area contributed by atoms with Gasteiger partial charge in [-0.15, -0.1) is 5.10 Å². The summed E-state index contributed by atoms with van der Waals surface area (Å²) in [6, 6.07) is 5.60. The van der Waals surface area contributed by atoms with Gasteiger partial charge in [-0.25, -0.2) is 9.50 Å². The first kappa shape index (κ1) is 28.1. The van der Waals surface area contributed by atoms with Crippen molar-refractivity contribution in [3.8, 4) is 11.5 Å². The summed E-state index contributed by atoms with van der Waals surface area (Å²) in [7, 11) is 0. The lowest BCUT2D eigenvalue weighted by Crippen LogP contribution is -2.52. The number of aromatic hydroxyl groups is 1. The predicted octanol–water partition coefficient (Wildman–Crippen LogP) is 5.03. The molecule has 2 unspecified atom stereocenters. The topological polar surface area (TPSA) is 116 Å². The number of fused-ring (bicyclic) bond motifs is 1. The molecular formula is C31H40N4O5. The fourth-order valence-corrected chi connectivity index (χ4v) is 6.39. The number of nitrogens with zero attached hydrogens (tertiary/aromatic N) is 4. The lowest BCUT2D eigenvalue weighted by molar-refractivity contribution is -0.185. The Morgan fingerprint density at radius 3 is 2.58 bits per heavy atom. The number of ketones is 1. The highest BCUT2D eigenvalue weighted by Crippen LogP contribution is 2.45. The molecule has 1 aromatic carbocycles. The quantitative estimate of drug-likeness (QED) is 0.277. The van der Waals surface area contributed by atoms with Gasteiger partial charge in [-0.05, 0) is 81.5 Å². The standard InChI is InChI=1S/C31H40N4O5/c1-5-13-39-27-17-25(36)22(15-21(27)6-2)11-12-31(23-9-7-8-10-23)18-26(37)24(29(38)40-31)16-28-33-30-32-19(3)14-20(4)35(30)34-28/h14-15,17,23-24,36H,5-13,16,18H2,1-4H3.